The average molecular weight is 431 g/mol. The van der Waals surface area contributed by atoms with Crippen molar-refractivity contribution in [3.8, 4) is 17.3 Å². The highest BCUT2D eigenvalue weighted by molar-refractivity contribution is 6.11. The van der Waals surface area contributed by atoms with Gasteiger partial charge in [0.1, 0.15) is 23.6 Å². The van der Waals surface area contributed by atoms with Crippen molar-refractivity contribution in [2.24, 2.45) is 5.41 Å². The summed E-state index contributed by atoms with van der Waals surface area (Å²) in [6.07, 6.45) is 2.17. The number of nitrogens with one attached hydrogen (secondary N) is 1. The van der Waals surface area contributed by atoms with E-state index in [1.165, 1.54) is 6.20 Å². The molecule has 1 N–H and O–H groups in total. The number of urea groups is 1. The summed E-state index contributed by atoms with van der Waals surface area (Å²) in [4.78, 5) is 44.3. The van der Waals surface area contributed by atoms with E-state index in [4.69, 9.17) is 5.26 Å². The molecule has 164 valence electrons. The van der Waals surface area contributed by atoms with Gasteiger partial charge in [0, 0.05) is 49.7 Å². The number of amides is 2. The lowest BCUT2D eigenvalue weighted by molar-refractivity contribution is -0.141. The normalized spacial score (nSPS) is 17.8. The molecule has 2 aromatic rings. The van der Waals surface area contributed by atoms with Gasteiger partial charge in [-0.05, 0) is 61.7 Å². The third kappa shape index (κ3) is 3.77. The van der Waals surface area contributed by atoms with Crippen LogP contribution < -0.4 is 5.32 Å². The minimum Gasteiger partial charge on any atom is -0.338 e. The van der Waals surface area contributed by atoms with E-state index >= 15 is 0 Å². The van der Waals surface area contributed by atoms with Crippen LogP contribution in [0.25, 0.3) is 11.3 Å². The van der Waals surface area contributed by atoms with Crippen LogP contribution in [0, 0.1) is 30.6 Å². The molecule has 4 rings (SSSR count). The molecular weight excluding hydrogens is 404 g/mol. The van der Waals surface area contributed by atoms with E-state index in [1.54, 1.807) is 17.0 Å². The van der Waals surface area contributed by atoms with Gasteiger partial charge < -0.3 is 10.2 Å². The van der Waals surface area contributed by atoms with E-state index in [9.17, 15) is 14.4 Å². The van der Waals surface area contributed by atoms with Crippen LogP contribution in [0.3, 0.4) is 0 Å². The maximum Gasteiger partial charge on any atom is 0.317 e. The van der Waals surface area contributed by atoms with Crippen molar-refractivity contribution >= 4 is 17.6 Å². The summed E-state index contributed by atoms with van der Waals surface area (Å²) in [5, 5.41) is 11.7. The third-order valence-corrected chi connectivity index (χ3v) is 6.48. The van der Waals surface area contributed by atoms with E-state index < -0.39 is 11.3 Å². The molecule has 1 aromatic heterocycles. The number of benzene rings is 1. The summed E-state index contributed by atoms with van der Waals surface area (Å²) in [5.41, 5.74) is 4.25. The first-order valence-corrected chi connectivity index (χ1v) is 10.8. The number of hydrogen-bond acceptors (Lipinski definition) is 5. The first-order chi connectivity index (χ1) is 15.3. The Morgan fingerprint density at radius 2 is 1.81 bits per heavy atom. The van der Waals surface area contributed by atoms with Crippen LogP contribution in [0.4, 0.5) is 4.79 Å². The number of Topliss-reactive ketones (excluding diaryl/α,β-unsaturated/α-hetero) is 2. The molecule has 1 aliphatic carbocycles. The molecule has 2 amide bonds. The van der Waals surface area contributed by atoms with E-state index in [1.807, 2.05) is 32.9 Å². The van der Waals surface area contributed by atoms with Crippen molar-refractivity contribution in [2.75, 3.05) is 19.6 Å². The number of nitrogens with zero attached hydrogens (tertiary/aromatic N) is 3. The summed E-state index contributed by atoms with van der Waals surface area (Å²) in [5.74, 6) is -0.874. The summed E-state index contributed by atoms with van der Waals surface area (Å²) in [7, 11) is 0. The Morgan fingerprint density at radius 1 is 1.19 bits per heavy atom. The monoisotopic (exact) mass is 430 g/mol. The van der Waals surface area contributed by atoms with Gasteiger partial charge in [-0.15, -0.1) is 0 Å². The van der Waals surface area contributed by atoms with Gasteiger partial charge >= 0.3 is 6.03 Å². The Hall–Kier alpha value is -3.53. The lowest BCUT2D eigenvalue weighted by atomic mass is 9.63. The van der Waals surface area contributed by atoms with Crippen molar-refractivity contribution in [1.82, 2.24) is 15.2 Å². The highest BCUT2D eigenvalue weighted by Gasteiger charge is 2.53. The fourth-order valence-corrected chi connectivity index (χ4v) is 5.11. The molecule has 0 atom stereocenters. The Kier molecular flexibility index (Phi) is 5.55. The van der Waals surface area contributed by atoms with Gasteiger partial charge in [-0.3, -0.25) is 14.6 Å². The van der Waals surface area contributed by atoms with Gasteiger partial charge in [-0.1, -0.05) is 0 Å². The number of ketones is 2. The maximum atomic E-state index is 13.2. The first-order valence-electron chi connectivity index (χ1n) is 10.8. The predicted molar refractivity (Wildman–Crippen MR) is 119 cm³/mol. The molecule has 2 heterocycles. The number of likely N-dealkylation sites (tertiary alicyclic amines) is 1. The second-order valence-corrected chi connectivity index (χ2v) is 8.98. The summed E-state index contributed by atoms with van der Waals surface area (Å²) < 4.78 is 0. The number of rotatable bonds is 3. The molecule has 0 bridgehead atoms. The predicted octanol–water partition coefficient (Wildman–Crippen LogP) is 3.28. The molecule has 32 heavy (non-hydrogen) atoms. The van der Waals surface area contributed by atoms with Crippen LogP contribution in [-0.2, 0) is 9.59 Å². The quantitative estimate of drug-likeness (QED) is 0.753. The standard InChI is InChI=1S/C25H26N4O3/c1-4-27-24(32)29-13-25(14-29)9-20(30)23(21(31)10-25)22-15(2)7-18(8-16(22)3)19-6-5-17(11-26)12-28-19/h5-8,12,23H,4,9-10,13-14H2,1-3H3,(H,27,32). The van der Waals surface area contributed by atoms with Crippen LogP contribution in [0.5, 0.6) is 0 Å². The SMILES string of the molecule is CCNC(=O)N1CC2(CC(=O)C(c3c(C)cc(-c4ccc(C#N)cn4)cc3C)C(=O)C2)C1. The molecule has 1 aromatic carbocycles. The lowest BCUT2D eigenvalue weighted by Crippen LogP contribution is -2.63. The van der Waals surface area contributed by atoms with Crippen LogP contribution >= 0.6 is 0 Å². The van der Waals surface area contributed by atoms with Crippen molar-refractivity contribution in [1.29, 1.82) is 5.26 Å². The zero-order chi connectivity index (χ0) is 23.0. The average Bonchev–Trinajstić information content (AvgIpc) is 2.73. The molecule has 1 aliphatic heterocycles. The summed E-state index contributed by atoms with van der Waals surface area (Å²) in [6.45, 7) is 7.14. The summed E-state index contributed by atoms with van der Waals surface area (Å²) in [6, 6.07) is 9.33. The zero-order valence-electron chi connectivity index (χ0n) is 18.6. The number of pyridine rings is 1. The number of nitriles is 1. The highest BCUT2D eigenvalue weighted by Crippen LogP contribution is 2.46. The van der Waals surface area contributed by atoms with Crippen LogP contribution in [0.2, 0.25) is 0 Å². The van der Waals surface area contributed by atoms with Gasteiger partial charge in [0.25, 0.3) is 0 Å². The Bertz CT molecular complexity index is 1100. The Morgan fingerprint density at radius 3 is 2.31 bits per heavy atom. The fourth-order valence-electron chi connectivity index (χ4n) is 5.11. The number of carbonyl (C=O) groups excluding carboxylic acids is 3. The number of hydrogen-bond donors (Lipinski definition) is 1. The molecule has 1 saturated heterocycles. The van der Waals surface area contributed by atoms with E-state index in [2.05, 4.69) is 16.4 Å². The van der Waals surface area contributed by atoms with E-state index in [0.29, 0.717) is 38.0 Å². The lowest BCUT2D eigenvalue weighted by Gasteiger charge is -2.52. The maximum absolute atomic E-state index is 13.2. The first kappa shape index (κ1) is 21.7. The van der Waals surface area contributed by atoms with Gasteiger partial charge in [0.2, 0.25) is 0 Å². The van der Waals surface area contributed by atoms with Gasteiger partial charge in [0.15, 0.2) is 0 Å². The van der Waals surface area contributed by atoms with Crippen LogP contribution in [-0.4, -0.2) is 47.1 Å². The number of carbonyl (C=O) groups is 3. The highest BCUT2D eigenvalue weighted by atomic mass is 16.2. The topological polar surface area (TPSA) is 103 Å². The zero-order valence-corrected chi connectivity index (χ0v) is 18.6. The minimum atomic E-state index is -0.748. The molecule has 1 spiro atoms. The third-order valence-electron chi connectivity index (χ3n) is 6.48. The fraction of sp³-hybridized carbons (Fsp3) is 0.400. The Labute approximate surface area is 187 Å². The molecule has 0 unspecified atom stereocenters. The van der Waals surface area contributed by atoms with Crippen LogP contribution in [0.1, 0.15) is 47.9 Å². The molecule has 1 saturated carbocycles. The molecule has 2 fully saturated rings. The van der Waals surface area contributed by atoms with Crippen molar-refractivity contribution in [3.63, 3.8) is 0 Å². The Balaban J connectivity index is 1.55. The molecule has 7 heteroatoms. The molecule has 2 aliphatic rings. The number of aryl methyl sites for hydroxylation is 2. The molecule has 0 radical (unpaired) electrons. The van der Waals surface area contributed by atoms with Gasteiger partial charge in [0.05, 0.1) is 11.3 Å². The minimum absolute atomic E-state index is 0.0627. The molecule has 7 nitrogen and oxygen atoms in total. The summed E-state index contributed by atoms with van der Waals surface area (Å²) >= 11 is 0. The van der Waals surface area contributed by atoms with Crippen molar-refractivity contribution < 1.29 is 14.4 Å². The van der Waals surface area contributed by atoms with Crippen molar-refractivity contribution in [2.45, 2.75) is 39.5 Å². The van der Waals surface area contributed by atoms with Crippen LogP contribution in [0.15, 0.2) is 30.5 Å². The van der Waals surface area contributed by atoms with Crippen molar-refractivity contribution in [3.05, 3.63) is 52.7 Å². The molecular formula is C25H26N4O3. The van der Waals surface area contributed by atoms with Gasteiger partial charge in [-0.2, -0.15) is 5.26 Å². The second kappa shape index (κ2) is 8.19. The smallest absolute Gasteiger partial charge is 0.317 e. The van der Waals surface area contributed by atoms with E-state index in [-0.39, 0.29) is 17.6 Å². The van der Waals surface area contributed by atoms with Gasteiger partial charge in [-0.25, -0.2) is 4.79 Å². The largest absolute Gasteiger partial charge is 0.338 e. The number of aromatic nitrogens is 1. The van der Waals surface area contributed by atoms with E-state index in [0.717, 1.165) is 27.9 Å². The second-order valence-electron chi connectivity index (χ2n) is 8.98.